The summed E-state index contributed by atoms with van der Waals surface area (Å²) in [6.07, 6.45) is 0. The van der Waals surface area contributed by atoms with Crippen molar-refractivity contribution in [2.24, 2.45) is 0 Å². The van der Waals surface area contributed by atoms with Crippen LogP contribution < -0.4 is 19.7 Å². The average Bonchev–Trinajstić information content (AvgIpc) is 2.61. The maximum atomic E-state index is 13.2. The first-order valence-electron chi connectivity index (χ1n) is 8.02. The number of nitrogens with zero attached hydrogens (tertiary/aromatic N) is 1. The van der Waals surface area contributed by atoms with Crippen molar-refractivity contribution >= 4 is 33.0 Å². The van der Waals surface area contributed by atoms with Gasteiger partial charge in [-0.25, -0.2) is 12.8 Å². The lowest BCUT2D eigenvalue weighted by Crippen LogP contribution is -2.43. The van der Waals surface area contributed by atoms with Crippen molar-refractivity contribution in [3.05, 3.63) is 47.2 Å². The van der Waals surface area contributed by atoms with Crippen LogP contribution in [0.5, 0.6) is 5.75 Å². The van der Waals surface area contributed by atoms with Crippen molar-refractivity contribution in [2.75, 3.05) is 42.9 Å². The van der Waals surface area contributed by atoms with Gasteiger partial charge in [-0.1, -0.05) is 11.6 Å². The predicted molar refractivity (Wildman–Crippen MR) is 100 cm³/mol. The highest BCUT2D eigenvalue weighted by molar-refractivity contribution is 7.92. The molecule has 0 aromatic heterocycles. The molecule has 0 bridgehead atoms. The predicted octanol–water partition coefficient (Wildman–Crippen LogP) is 2.70. The quantitative estimate of drug-likeness (QED) is 0.809. The van der Waals surface area contributed by atoms with Crippen LogP contribution >= 0.6 is 11.6 Å². The largest absolute Gasteiger partial charge is 0.495 e. The Hall–Kier alpha value is -2.03. The van der Waals surface area contributed by atoms with Crippen LogP contribution in [-0.4, -0.2) is 41.7 Å². The van der Waals surface area contributed by atoms with E-state index in [0.717, 1.165) is 50.1 Å². The summed E-state index contributed by atoms with van der Waals surface area (Å²) in [6, 6.07) is 8.21. The van der Waals surface area contributed by atoms with Crippen molar-refractivity contribution in [1.82, 2.24) is 5.32 Å². The van der Waals surface area contributed by atoms with Gasteiger partial charge in [0.25, 0.3) is 10.0 Å². The van der Waals surface area contributed by atoms with Crippen LogP contribution in [0.3, 0.4) is 0 Å². The number of hydrogen-bond acceptors (Lipinski definition) is 5. The molecule has 2 N–H and O–H groups in total. The summed E-state index contributed by atoms with van der Waals surface area (Å²) in [4.78, 5) is 1.94. The highest BCUT2D eigenvalue weighted by Gasteiger charge is 2.21. The molecule has 1 heterocycles. The van der Waals surface area contributed by atoms with E-state index in [9.17, 15) is 12.8 Å². The molecule has 1 fully saturated rings. The minimum absolute atomic E-state index is 0.173. The Labute approximate surface area is 157 Å². The average molecular weight is 400 g/mol. The summed E-state index contributed by atoms with van der Waals surface area (Å²) >= 11 is 5.89. The van der Waals surface area contributed by atoms with E-state index < -0.39 is 15.8 Å². The molecule has 0 aliphatic carbocycles. The third-order valence-electron chi connectivity index (χ3n) is 4.07. The highest BCUT2D eigenvalue weighted by atomic mass is 35.5. The van der Waals surface area contributed by atoms with Gasteiger partial charge in [0, 0.05) is 26.2 Å². The molecule has 0 spiro atoms. The number of sulfonamides is 1. The topological polar surface area (TPSA) is 70.7 Å². The Kier molecular flexibility index (Phi) is 5.55. The number of rotatable bonds is 5. The van der Waals surface area contributed by atoms with Crippen molar-refractivity contribution in [1.29, 1.82) is 0 Å². The van der Waals surface area contributed by atoms with E-state index in [1.807, 2.05) is 0 Å². The molecule has 9 heteroatoms. The lowest BCUT2D eigenvalue weighted by molar-refractivity contribution is 0.413. The van der Waals surface area contributed by atoms with Crippen LogP contribution in [0.15, 0.2) is 41.3 Å². The van der Waals surface area contributed by atoms with E-state index in [1.165, 1.54) is 0 Å². The van der Waals surface area contributed by atoms with Crippen molar-refractivity contribution in [2.45, 2.75) is 4.90 Å². The van der Waals surface area contributed by atoms with Gasteiger partial charge in [0.05, 0.1) is 23.5 Å². The van der Waals surface area contributed by atoms with Gasteiger partial charge in [-0.3, -0.25) is 4.72 Å². The molecule has 2 aromatic rings. The normalized spacial score (nSPS) is 15.0. The second kappa shape index (κ2) is 7.69. The van der Waals surface area contributed by atoms with Gasteiger partial charge in [0.2, 0.25) is 0 Å². The zero-order chi connectivity index (χ0) is 18.7. The highest BCUT2D eigenvalue weighted by Crippen LogP contribution is 2.33. The van der Waals surface area contributed by atoms with E-state index in [2.05, 4.69) is 14.9 Å². The van der Waals surface area contributed by atoms with E-state index in [-0.39, 0.29) is 9.92 Å². The third-order valence-corrected chi connectivity index (χ3v) is 5.94. The Morgan fingerprint density at radius 3 is 2.58 bits per heavy atom. The van der Waals surface area contributed by atoms with Gasteiger partial charge >= 0.3 is 0 Å². The van der Waals surface area contributed by atoms with E-state index in [1.54, 1.807) is 25.3 Å². The molecule has 140 valence electrons. The molecule has 3 rings (SSSR count). The molecular formula is C17H19ClFN3O3S. The number of halogens is 2. The summed E-state index contributed by atoms with van der Waals surface area (Å²) in [5.74, 6) is 0.0639. The number of piperazine rings is 1. The molecular weight excluding hydrogens is 381 g/mol. The molecule has 6 nitrogen and oxygen atoms in total. The number of ether oxygens (including phenoxy) is 1. The Balaban J connectivity index is 1.91. The van der Waals surface area contributed by atoms with E-state index in [0.29, 0.717) is 11.4 Å². The first-order chi connectivity index (χ1) is 12.4. The zero-order valence-electron chi connectivity index (χ0n) is 14.1. The second-order valence-electron chi connectivity index (χ2n) is 5.80. The summed E-state index contributed by atoms with van der Waals surface area (Å²) in [7, 11) is -2.38. The Morgan fingerprint density at radius 2 is 1.92 bits per heavy atom. The number of benzene rings is 2. The summed E-state index contributed by atoms with van der Waals surface area (Å²) in [5.41, 5.74) is 1.18. The molecule has 0 radical (unpaired) electrons. The monoisotopic (exact) mass is 399 g/mol. The first-order valence-corrected chi connectivity index (χ1v) is 9.88. The maximum absolute atomic E-state index is 13.2. The second-order valence-corrected chi connectivity index (χ2v) is 7.86. The van der Waals surface area contributed by atoms with Crippen LogP contribution in [0, 0.1) is 5.82 Å². The van der Waals surface area contributed by atoms with Gasteiger partial charge in [0.1, 0.15) is 16.5 Å². The van der Waals surface area contributed by atoms with Crippen molar-refractivity contribution in [3.8, 4) is 5.75 Å². The molecule has 1 aliphatic rings. The van der Waals surface area contributed by atoms with E-state index in [4.69, 9.17) is 16.3 Å². The van der Waals surface area contributed by atoms with Gasteiger partial charge in [0.15, 0.2) is 0 Å². The lowest BCUT2D eigenvalue weighted by Gasteiger charge is -2.31. The van der Waals surface area contributed by atoms with Crippen molar-refractivity contribution < 1.29 is 17.5 Å². The van der Waals surface area contributed by atoms with Crippen LogP contribution in [0.25, 0.3) is 0 Å². The van der Waals surface area contributed by atoms with Crippen LogP contribution in [0.1, 0.15) is 0 Å². The minimum Gasteiger partial charge on any atom is -0.495 e. The Bertz CT molecular complexity index is 902. The maximum Gasteiger partial charge on any atom is 0.263 e. The zero-order valence-corrected chi connectivity index (χ0v) is 15.7. The third kappa shape index (κ3) is 4.03. The summed E-state index contributed by atoms with van der Waals surface area (Å²) in [5, 5.41) is 3.09. The molecule has 2 aromatic carbocycles. The van der Waals surface area contributed by atoms with E-state index >= 15 is 0 Å². The number of nitrogens with one attached hydrogen (secondary N) is 2. The number of hydrogen-bond donors (Lipinski definition) is 2. The SMILES string of the molecule is COc1ccc(NS(=O)(=O)c2ccc(F)cc2Cl)cc1N1CCNCC1. The van der Waals surface area contributed by atoms with Gasteiger partial charge in [-0.15, -0.1) is 0 Å². The van der Waals surface area contributed by atoms with Crippen LogP contribution in [-0.2, 0) is 10.0 Å². The van der Waals surface area contributed by atoms with Gasteiger partial charge in [-0.05, 0) is 36.4 Å². The smallest absolute Gasteiger partial charge is 0.263 e. The fraction of sp³-hybridized carbons (Fsp3) is 0.294. The summed E-state index contributed by atoms with van der Waals surface area (Å²) < 4.78 is 46.3. The first kappa shape index (κ1) is 18.8. The molecule has 1 aliphatic heterocycles. The van der Waals surface area contributed by atoms with Gasteiger partial charge < -0.3 is 15.0 Å². The summed E-state index contributed by atoms with van der Waals surface area (Å²) in [6.45, 7) is 3.25. The van der Waals surface area contributed by atoms with Crippen LogP contribution in [0.4, 0.5) is 15.8 Å². The molecule has 0 amide bonds. The lowest BCUT2D eigenvalue weighted by atomic mass is 10.2. The fourth-order valence-electron chi connectivity index (χ4n) is 2.81. The van der Waals surface area contributed by atoms with Crippen LogP contribution in [0.2, 0.25) is 5.02 Å². The fourth-order valence-corrected chi connectivity index (χ4v) is 4.39. The van der Waals surface area contributed by atoms with Gasteiger partial charge in [-0.2, -0.15) is 0 Å². The number of methoxy groups -OCH3 is 1. The Morgan fingerprint density at radius 1 is 1.19 bits per heavy atom. The molecule has 0 unspecified atom stereocenters. The minimum atomic E-state index is -3.95. The molecule has 1 saturated heterocycles. The molecule has 0 atom stereocenters. The standard InChI is InChI=1S/C17H19ClFN3O3S/c1-25-16-4-3-13(11-15(16)22-8-6-20-7-9-22)21-26(23,24)17-5-2-12(19)10-14(17)18/h2-5,10-11,20-21H,6-9H2,1H3. The molecule has 0 saturated carbocycles. The molecule has 26 heavy (non-hydrogen) atoms. The number of anilines is 2. The van der Waals surface area contributed by atoms with Crippen molar-refractivity contribution in [3.63, 3.8) is 0 Å².